The highest BCUT2D eigenvalue weighted by molar-refractivity contribution is 6.32. The lowest BCUT2D eigenvalue weighted by Crippen LogP contribution is -2.04. The topological polar surface area (TPSA) is 68.0 Å². The quantitative estimate of drug-likeness (QED) is 0.923. The first-order chi connectivity index (χ1) is 8.50. The molecule has 0 atom stereocenters. The van der Waals surface area contributed by atoms with Crippen LogP contribution in [0.3, 0.4) is 0 Å². The molecule has 0 aliphatic rings. The van der Waals surface area contributed by atoms with Crippen LogP contribution >= 0.6 is 11.6 Å². The molecule has 0 unspecified atom stereocenters. The largest absolute Gasteiger partial charge is 0.481 e. The number of halogens is 1. The molecule has 18 heavy (non-hydrogen) atoms. The number of carboxylic acids is 1. The third-order valence-electron chi connectivity index (χ3n) is 2.75. The fourth-order valence-corrected chi connectivity index (χ4v) is 2.06. The predicted octanol–water partition coefficient (Wildman–Crippen LogP) is 2.16. The van der Waals surface area contributed by atoms with Crippen molar-refractivity contribution in [1.29, 1.82) is 0 Å². The first-order valence-corrected chi connectivity index (χ1v) is 5.75. The van der Waals surface area contributed by atoms with Crippen LogP contribution in [0.15, 0.2) is 18.5 Å². The van der Waals surface area contributed by atoms with Crippen LogP contribution in [0.2, 0.25) is 5.02 Å². The van der Waals surface area contributed by atoms with Gasteiger partial charge < -0.3 is 5.11 Å². The van der Waals surface area contributed by atoms with E-state index in [2.05, 4.69) is 10.1 Å². The van der Waals surface area contributed by atoms with E-state index in [4.69, 9.17) is 16.7 Å². The van der Waals surface area contributed by atoms with Gasteiger partial charge in [0.05, 0.1) is 22.8 Å². The van der Waals surface area contributed by atoms with E-state index in [9.17, 15) is 4.79 Å². The molecule has 0 fully saturated rings. The molecule has 0 aromatic carbocycles. The number of hydrogen-bond donors (Lipinski definition) is 1. The number of hydrogen-bond acceptors (Lipinski definition) is 3. The van der Waals surface area contributed by atoms with Gasteiger partial charge in [0.15, 0.2) is 0 Å². The van der Waals surface area contributed by atoms with Crippen molar-refractivity contribution in [2.45, 2.75) is 20.3 Å². The van der Waals surface area contributed by atoms with Gasteiger partial charge in [0, 0.05) is 23.7 Å². The van der Waals surface area contributed by atoms with Crippen LogP contribution in [0.25, 0.3) is 5.69 Å². The summed E-state index contributed by atoms with van der Waals surface area (Å²) in [5.74, 6) is -0.874. The van der Waals surface area contributed by atoms with Crippen LogP contribution in [-0.2, 0) is 11.2 Å². The van der Waals surface area contributed by atoms with Crippen molar-refractivity contribution in [2.75, 3.05) is 0 Å². The van der Waals surface area contributed by atoms with Crippen LogP contribution in [0.4, 0.5) is 0 Å². The molecule has 0 saturated carbocycles. The molecule has 0 radical (unpaired) electrons. The zero-order chi connectivity index (χ0) is 13.3. The van der Waals surface area contributed by atoms with E-state index >= 15 is 0 Å². The fourth-order valence-electron chi connectivity index (χ4n) is 1.86. The van der Waals surface area contributed by atoms with Gasteiger partial charge in [-0.05, 0) is 19.9 Å². The molecule has 0 aliphatic carbocycles. The fraction of sp³-hybridized carbons (Fsp3) is 0.250. The van der Waals surface area contributed by atoms with Crippen LogP contribution < -0.4 is 0 Å². The van der Waals surface area contributed by atoms with Gasteiger partial charge in [0.1, 0.15) is 0 Å². The molecule has 0 amide bonds. The minimum Gasteiger partial charge on any atom is -0.481 e. The Morgan fingerprint density at radius 2 is 2.22 bits per heavy atom. The molecule has 2 aromatic heterocycles. The van der Waals surface area contributed by atoms with E-state index in [0.717, 1.165) is 11.3 Å². The molecular formula is C12H12ClN3O2. The maximum Gasteiger partial charge on any atom is 0.307 e. The molecular weight excluding hydrogens is 254 g/mol. The Balaban J connectivity index is 2.54. The Kier molecular flexibility index (Phi) is 3.34. The number of carbonyl (C=O) groups is 1. The van der Waals surface area contributed by atoms with Crippen LogP contribution in [0, 0.1) is 13.8 Å². The number of rotatable bonds is 3. The summed E-state index contributed by atoms with van der Waals surface area (Å²) in [6.07, 6.45) is 3.11. The molecule has 1 N–H and O–H groups in total. The van der Waals surface area contributed by atoms with E-state index in [1.54, 1.807) is 23.9 Å². The molecule has 5 nitrogen and oxygen atoms in total. The summed E-state index contributed by atoms with van der Waals surface area (Å²) < 4.78 is 1.65. The Hall–Kier alpha value is -1.88. The molecule has 2 rings (SSSR count). The van der Waals surface area contributed by atoms with E-state index in [-0.39, 0.29) is 6.42 Å². The molecule has 0 aliphatic heterocycles. The Morgan fingerprint density at radius 3 is 2.83 bits per heavy atom. The van der Waals surface area contributed by atoms with Crippen molar-refractivity contribution in [3.05, 3.63) is 40.4 Å². The van der Waals surface area contributed by atoms with Crippen LogP contribution in [-0.4, -0.2) is 25.8 Å². The van der Waals surface area contributed by atoms with Gasteiger partial charge >= 0.3 is 5.97 Å². The smallest absolute Gasteiger partial charge is 0.307 e. The van der Waals surface area contributed by atoms with Gasteiger partial charge in [-0.2, -0.15) is 5.10 Å². The summed E-state index contributed by atoms with van der Waals surface area (Å²) >= 11 is 6.06. The standard InChI is InChI=1S/C12H12ClN3O2/c1-7-9(5-12(17)18)8(2)16(15-7)11-3-4-14-6-10(11)13/h3-4,6H,5H2,1-2H3,(H,17,18). The molecule has 2 heterocycles. The van der Waals surface area contributed by atoms with Crippen LogP contribution in [0.5, 0.6) is 0 Å². The first kappa shape index (κ1) is 12.6. The van der Waals surface area contributed by atoms with Crippen molar-refractivity contribution in [3.8, 4) is 5.69 Å². The van der Waals surface area contributed by atoms with Gasteiger partial charge in [0.25, 0.3) is 0 Å². The van der Waals surface area contributed by atoms with Gasteiger partial charge in [0.2, 0.25) is 0 Å². The summed E-state index contributed by atoms with van der Waals surface area (Å²) in [6, 6.07) is 1.74. The number of aliphatic carboxylic acids is 1. The summed E-state index contributed by atoms with van der Waals surface area (Å²) in [7, 11) is 0. The van der Waals surface area contributed by atoms with Crippen LogP contribution in [0.1, 0.15) is 17.0 Å². The van der Waals surface area contributed by atoms with E-state index in [1.165, 1.54) is 6.20 Å². The number of carboxylic acid groups (broad SMARTS) is 1. The summed E-state index contributed by atoms with van der Waals surface area (Å²) in [5.41, 5.74) is 2.89. The second-order valence-electron chi connectivity index (χ2n) is 3.96. The Labute approximate surface area is 109 Å². The SMILES string of the molecule is Cc1nn(-c2ccncc2Cl)c(C)c1CC(=O)O. The lowest BCUT2D eigenvalue weighted by Gasteiger charge is -2.06. The van der Waals surface area contributed by atoms with E-state index in [1.807, 2.05) is 6.92 Å². The number of aromatic nitrogens is 3. The number of nitrogens with zero attached hydrogens (tertiary/aromatic N) is 3. The molecule has 0 saturated heterocycles. The average molecular weight is 266 g/mol. The Morgan fingerprint density at radius 1 is 1.50 bits per heavy atom. The molecule has 2 aromatic rings. The monoisotopic (exact) mass is 265 g/mol. The first-order valence-electron chi connectivity index (χ1n) is 5.37. The molecule has 0 spiro atoms. The van der Waals surface area contributed by atoms with Gasteiger partial charge in [-0.1, -0.05) is 11.6 Å². The third kappa shape index (κ3) is 2.22. The number of pyridine rings is 1. The Bertz CT molecular complexity index is 607. The summed E-state index contributed by atoms with van der Waals surface area (Å²) in [4.78, 5) is 14.7. The summed E-state index contributed by atoms with van der Waals surface area (Å²) in [5, 5.41) is 13.7. The van der Waals surface area contributed by atoms with Crippen molar-refractivity contribution in [1.82, 2.24) is 14.8 Å². The summed E-state index contributed by atoms with van der Waals surface area (Å²) in [6.45, 7) is 3.62. The van der Waals surface area contributed by atoms with Crippen molar-refractivity contribution < 1.29 is 9.90 Å². The van der Waals surface area contributed by atoms with Crippen molar-refractivity contribution >= 4 is 17.6 Å². The third-order valence-corrected chi connectivity index (χ3v) is 3.04. The molecule has 94 valence electrons. The van der Waals surface area contributed by atoms with Gasteiger partial charge in [-0.15, -0.1) is 0 Å². The minimum atomic E-state index is -0.874. The lowest BCUT2D eigenvalue weighted by atomic mass is 10.1. The maximum atomic E-state index is 10.8. The second kappa shape index (κ2) is 4.78. The zero-order valence-electron chi connectivity index (χ0n) is 10.0. The zero-order valence-corrected chi connectivity index (χ0v) is 10.8. The average Bonchev–Trinajstić information content (AvgIpc) is 2.57. The highest BCUT2D eigenvalue weighted by Gasteiger charge is 2.16. The molecule has 6 heteroatoms. The second-order valence-corrected chi connectivity index (χ2v) is 4.37. The van der Waals surface area contributed by atoms with Crippen molar-refractivity contribution in [2.24, 2.45) is 0 Å². The minimum absolute atomic E-state index is 0.0413. The lowest BCUT2D eigenvalue weighted by molar-refractivity contribution is -0.136. The van der Waals surface area contributed by atoms with E-state index in [0.29, 0.717) is 16.4 Å². The predicted molar refractivity (Wildman–Crippen MR) is 67.2 cm³/mol. The molecule has 0 bridgehead atoms. The highest BCUT2D eigenvalue weighted by atomic mass is 35.5. The normalized spacial score (nSPS) is 10.6. The number of aryl methyl sites for hydroxylation is 1. The van der Waals surface area contributed by atoms with E-state index < -0.39 is 5.97 Å². The maximum absolute atomic E-state index is 10.8. The highest BCUT2D eigenvalue weighted by Crippen LogP contribution is 2.23. The van der Waals surface area contributed by atoms with Crippen molar-refractivity contribution in [3.63, 3.8) is 0 Å². The van der Waals surface area contributed by atoms with Gasteiger partial charge in [-0.25, -0.2) is 4.68 Å². The van der Waals surface area contributed by atoms with Gasteiger partial charge in [-0.3, -0.25) is 9.78 Å².